The van der Waals surface area contributed by atoms with Gasteiger partial charge in [0.15, 0.2) is 0 Å². The first kappa shape index (κ1) is 21.6. The van der Waals surface area contributed by atoms with Crippen molar-refractivity contribution in [3.05, 3.63) is 65.4 Å². The summed E-state index contributed by atoms with van der Waals surface area (Å²) in [6, 6.07) is 15.5. The number of methoxy groups -OCH3 is 1. The number of unbranched alkanes of at least 4 members (excludes halogenated alkanes) is 1. The second-order valence-electron chi connectivity index (χ2n) is 7.55. The van der Waals surface area contributed by atoms with E-state index in [2.05, 4.69) is 11.9 Å². The van der Waals surface area contributed by atoms with Crippen LogP contribution in [0.25, 0.3) is 10.9 Å². The Labute approximate surface area is 177 Å². The Morgan fingerprint density at radius 1 is 1.10 bits per heavy atom. The van der Waals surface area contributed by atoms with Crippen LogP contribution in [0.5, 0.6) is 5.75 Å². The Bertz CT molecular complexity index is 1010. The van der Waals surface area contributed by atoms with E-state index in [0.717, 1.165) is 46.3 Å². The largest absolute Gasteiger partial charge is 0.497 e. The molecular formula is C25H29NO4. The molecule has 3 aromatic rings. The fourth-order valence-corrected chi connectivity index (χ4v) is 3.82. The molecule has 0 amide bonds. The van der Waals surface area contributed by atoms with Gasteiger partial charge in [0.25, 0.3) is 0 Å². The molecule has 158 valence electrons. The monoisotopic (exact) mass is 407 g/mol. The van der Waals surface area contributed by atoms with Crippen molar-refractivity contribution in [3.8, 4) is 5.75 Å². The molecule has 1 N–H and O–H groups in total. The molecule has 5 heteroatoms. The van der Waals surface area contributed by atoms with Crippen molar-refractivity contribution in [3.63, 3.8) is 0 Å². The Morgan fingerprint density at radius 3 is 2.57 bits per heavy atom. The molecule has 0 saturated heterocycles. The minimum atomic E-state index is -0.494. The number of fused-ring (bicyclic) bond motifs is 1. The van der Waals surface area contributed by atoms with Crippen molar-refractivity contribution in [1.82, 2.24) is 4.98 Å². The first-order valence-corrected chi connectivity index (χ1v) is 10.5. The van der Waals surface area contributed by atoms with Gasteiger partial charge in [-0.2, -0.15) is 0 Å². The van der Waals surface area contributed by atoms with Crippen LogP contribution >= 0.6 is 0 Å². The molecule has 1 aromatic heterocycles. The third kappa shape index (κ3) is 5.09. The van der Waals surface area contributed by atoms with E-state index >= 15 is 0 Å². The molecule has 3 rings (SSSR count). The quantitative estimate of drug-likeness (QED) is 0.378. The Balaban J connectivity index is 1.80. The molecule has 0 spiro atoms. The summed E-state index contributed by atoms with van der Waals surface area (Å²) >= 11 is 0. The molecule has 1 heterocycles. The number of nitrogens with one attached hydrogen (secondary N) is 1. The van der Waals surface area contributed by atoms with Crippen molar-refractivity contribution in [1.29, 1.82) is 0 Å². The number of aromatic amines is 1. The number of carbonyl (C=O) groups is 2. The van der Waals surface area contributed by atoms with Gasteiger partial charge in [0.05, 0.1) is 19.4 Å². The highest BCUT2D eigenvalue weighted by molar-refractivity contribution is 5.95. The van der Waals surface area contributed by atoms with Crippen LogP contribution in [-0.4, -0.2) is 24.0 Å². The molecule has 0 aliphatic carbocycles. The Hall–Kier alpha value is -3.08. The minimum absolute atomic E-state index is 0.178. The topological polar surface area (TPSA) is 68.4 Å². The number of carbonyl (C=O) groups excluding carboxylic acids is 2. The zero-order chi connectivity index (χ0) is 21.5. The van der Waals surface area contributed by atoms with Gasteiger partial charge < -0.3 is 14.5 Å². The second kappa shape index (κ2) is 10.1. The smallest absolute Gasteiger partial charge is 0.321 e. The minimum Gasteiger partial charge on any atom is -0.497 e. The maximum absolute atomic E-state index is 13.0. The van der Waals surface area contributed by atoms with Gasteiger partial charge in [-0.05, 0) is 49.1 Å². The highest BCUT2D eigenvalue weighted by Crippen LogP contribution is 2.35. The predicted molar refractivity (Wildman–Crippen MR) is 118 cm³/mol. The van der Waals surface area contributed by atoms with Gasteiger partial charge in [-0.1, -0.05) is 50.1 Å². The van der Waals surface area contributed by atoms with E-state index in [1.54, 1.807) is 7.11 Å². The zero-order valence-corrected chi connectivity index (χ0v) is 17.9. The van der Waals surface area contributed by atoms with Crippen molar-refractivity contribution >= 4 is 22.8 Å². The number of hydrogen-bond acceptors (Lipinski definition) is 4. The molecule has 2 aromatic carbocycles. The van der Waals surface area contributed by atoms with E-state index in [1.165, 1.54) is 0 Å². The van der Waals surface area contributed by atoms with Crippen LogP contribution in [0.4, 0.5) is 0 Å². The first-order chi connectivity index (χ1) is 14.5. The number of aryl methyl sites for hydroxylation is 2. The predicted octanol–water partition coefficient (Wildman–Crippen LogP) is 5.46. The summed E-state index contributed by atoms with van der Waals surface area (Å²) in [5.74, 6) is -0.732. The van der Waals surface area contributed by atoms with Gasteiger partial charge in [0.1, 0.15) is 5.75 Å². The van der Waals surface area contributed by atoms with Crippen LogP contribution in [0.2, 0.25) is 0 Å². The summed E-state index contributed by atoms with van der Waals surface area (Å²) in [4.78, 5) is 28.7. The first-order valence-electron chi connectivity index (χ1n) is 10.5. The Morgan fingerprint density at radius 2 is 1.87 bits per heavy atom. The molecule has 0 aliphatic rings. The molecule has 1 unspecified atom stereocenters. The molecular weight excluding hydrogens is 378 g/mol. The van der Waals surface area contributed by atoms with Crippen LogP contribution in [0.3, 0.4) is 0 Å². The highest BCUT2D eigenvalue weighted by atomic mass is 16.6. The summed E-state index contributed by atoms with van der Waals surface area (Å²) in [6.07, 6.45) is 3.18. The Kier molecular flexibility index (Phi) is 7.28. The summed E-state index contributed by atoms with van der Waals surface area (Å²) < 4.78 is 10.7. The average molecular weight is 408 g/mol. The molecule has 1 atom stereocenters. The number of benzene rings is 2. The molecule has 0 bridgehead atoms. The lowest BCUT2D eigenvalue weighted by molar-refractivity contribution is -0.160. The summed E-state index contributed by atoms with van der Waals surface area (Å²) in [6.45, 7) is 4.03. The van der Waals surface area contributed by atoms with Crippen molar-refractivity contribution in [2.24, 2.45) is 0 Å². The molecule has 0 saturated carbocycles. The van der Waals surface area contributed by atoms with Crippen LogP contribution in [0.1, 0.15) is 55.3 Å². The van der Waals surface area contributed by atoms with E-state index in [4.69, 9.17) is 9.47 Å². The van der Waals surface area contributed by atoms with Gasteiger partial charge in [-0.3, -0.25) is 9.59 Å². The van der Waals surface area contributed by atoms with Gasteiger partial charge in [-0.25, -0.2) is 0 Å². The third-order valence-electron chi connectivity index (χ3n) is 5.40. The number of aromatic nitrogens is 1. The van der Waals surface area contributed by atoms with E-state index < -0.39 is 17.9 Å². The van der Waals surface area contributed by atoms with E-state index in [-0.39, 0.29) is 6.42 Å². The van der Waals surface area contributed by atoms with Crippen LogP contribution in [0, 0.1) is 6.92 Å². The maximum Gasteiger partial charge on any atom is 0.321 e. The number of rotatable bonds is 9. The fourth-order valence-electron chi connectivity index (χ4n) is 3.82. The molecule has 0 aliphatic heterocycles. The zero-order valence-electron chi connectivity index (χ0n) is 17.9. The van der Waals surface area contributed by atoms with Gasteiger partial charge in [0.2, 0.25) is 0 Å². The standard InChI is InChI=1S/C25H29NO4/c1-4-5-11-20(24-17(2)26-22-14-13-19(29-3)16-21(22)24)25(28)30-23(27)15-12-18-9-7-6-8-10-18/h6-10,13-14,16,20,26H,4-5,11-12,15H2,1-3H3. The van der Waals surface area contributed by atoms with Gasteiger partial charge in [-0.15, -0.1) is 0 Å². The van der Waals surface area contributed by atoms with E-state index in [0.29, 0.717) is 12.8 Å². The molecule has 30 heavy (non-hydrogen) atoms. The third-order valence-corrected chi connectivity index (χ3v) is 5.40. The molecule has 0 radical (unpaired) electrons. The lowest BCUT2D eigenvalue weighted by Crippen LogP contribution is -2.21. The van der Waals surface area contributed by atoms with Gasteiger partial charge >= 0.3 is 11.9 Å². The maximum atomic E-state index is 13.0. The number of esters is 2. The number of hydrogen-bond donors (Lipinski definition) is 1. The van der Waals surface area contributed by atoms with Crippen LogP contribution in [-0.2, 0) is 20.7 Å². The SMILES string of the molecule is CCCCC(C(=O)OC(=O)CCc1ccccc1)c1c(C)[nH]c2ccc(OC)cc12. The van der Waals surface area contributed by atoms with Gasteiger partial charge in [0, 0.05) is 16.6 Å². The lowest BCUT2D eigenvalue weighted by Gasteiger charge is -2.16. The number of ether oxygens (including phenoxy) is 2. The van der Waals surface area contributed by atoms with Crippen molar-refractivity contribution in [2.45, 2.75) is 51.9 Å². The lowest BCUT2D eigenvalue weighted by atomic mass is 9.91. The normalized spacial score (nSPS) is 12.0. The fraction of sp³-hybridized carbons (Fsp3) is 0.360. The van der Waals surface area contributed by atoms with E-state index in [1.807, 2.05) is 55.5 Å². The average Bonchev–Trinajstić information content (AvgIpc) is 3.08. The van der Waals surface area contributed by atoms with Crippen molar-refractivity contribution < 1.29 is 19.1 Å². The highest BCUT2D eigenvalue weighted by Gasteiger charge is 2.28. The van der Waals surface area contributed by atoms with Crippen LogP contribution < -0.4 is 4.74 Å². The summed E-state index contributed by atoms with van der Waals surface area (Å²) in [5.41, 5.74) is 3.78. The van der Waals surface area contributed by atoms with E-state index in [9.17, 15) is 9.59 Å². The molecule has 0 fully saturated rings. The van der Waals surface area contributed by atoms with Crippen LogP contribution in [0.15, 0.2) is 48.5 Å². The summed E-state index contributed by atoms with van der Waals surface area (Å²) in [7, 11) is 1.62. The van der Waals surface area contributed by atoms with Crippen molar-refractivity contribution in [2.75, 3.05) is 7.11 Å². The second-order valence-corrected chi connectivity index (χ2v) is 7.55. The summed E-state index contributed by atoms with van der Waals surface area (Å²) in [5, 5.41) is 0.932. The molecule has 5 nitrogen and oxygen atoms in total. The number of H-pyrrole nitrogens is 1.